The third kappa shape index (κ3) is 1.77. The Balaban J connectivity index is 2.71. The minimum atomic E-state index is -1.13. The molecule has 0 aromatic carbocycles. The molecular weight excluding hydrogens is 232 g/mol. The molecule has 2 aromatic rings. The number of carboxylic acid groups (broad SMARTS) is 1. The maximum Gasteiger partial charge on any atom is 0.354 e. The number of aromatic nitrogens is 2. The molecule has 0 saturated heterocycles. The van der Waals surface area contributed by atoms with Crippen LogP contribution in [0.1, 0.15) is 10.5 Å². The molecule has 2 rings (SSSR count). The first-order valence-corrected chi connectivity index (χ1v) is 4.74. The molecule has 0 aliphatic heterocycles. The number of methoxy groups -OCH3 is 1. The van der Waals surface area contributed by atoms with Crippen LogP contribution in [-0.4, -0.2) is 28.2 Å². The summed E-state index contributed by atoms with van der Waals surface area (Å²) in [5.41, 5.74) is 0.737. The van der Waals surface area contributed by atoms with Gasteiger partial charge in [-0.15, -0.1) is 0 Å². The van der Waals surface area contributed by atoms with E-state index in [0.29, 0.717) is 16.9 Å². The van der Waals surface area contributed by atoms with Crippen molar-refractivity contribution >= 4 is 28.6 Å². The van der Waals surface area contributed by atoms with E-state index in [9.17, 15) is 4.79 Å². The summed E-state index contributed by atoms with van der Waals surface area (Å²) in [6.07, 6.45) is 0. The van der Waals surface area contributed by atoms with Gasteiger partial charge in [0, 0.05) is 6.07 Å². The second-order valence-corrected chi connectivity index (χ2v) is 3.42. The summed E-state index contributed by atoms with van der Waals surface area (Å²) in [4.78, 5) is 18.7. The molecule has 0 atom stereocenters. The van der Waals surface area contributed by atoms with Crippen molar-refractivity contribution in [2.24, 2.45) is 0 Å². The number of nitrogens with zero attached hydrogens (tertiary/aromatic N) is 2. The van der Waals surface area contributed by atoms with Crippen LogP contribution in [0.15, 0.2) is 18.2 Å². The summed E-state index contributed by atoms with van der Waals surface area (Å²) in [7, 11) is 1.49. The molecule has 82 valence electrons. The molecule has 0 fully saturated rings. The Hall–Kier alpha value is -1.88. The highest BCUT2D eigenvalue weighted by atomic mass is 35.5. The molecule has 0 aliphatic carbocycles. The van der Waals surface area contributed by atoms with Gasteiger partial charge in [-0.25, -0.2) is 14.8 Å². The van der Waals surface area contributed by atoms with Crippen LogP contribution >= 0.6 is 11.6 Å². The highest BCUT2D eigenvalue weighted by Crippen LogP contribution is 2.23. The van der Waals surface area contributed by atoms with Gasteiger partial charge in [-0.2, -0.15) is 0 Å². The summed E-state index contributed by atoms with van der Waals surface area (Å²) in [6.45, 7) is 0. The van der Waals surface area contributed by atoms with Crippen molar-refractivity contribution in [2.45, 2.75) is 0 Å². The van der Waals surface area contributed by atoms with E-state index < -0.39 is 5.97 Å². The number of carboxylic acids is 1. The van der Waals surface area contributed by atoms with Crippen molar-refractivity contribution < 1.29 is 14.6 Å². The predicted octanol–water partition coefficient (Wildman–Crippen LogP) is 1.99. The summed E-state index contributed by atoms with van der Waals surface area (Å²) >= 11 is 5.91. The highest BCUT2D eigenvalue weighted by molar-refractivity contribution is 6.35. The molecule has 0 aliphatic rings. The van der Waals surface area contributed by atoms with Gasteiger partial charge in [0.25, 0.3) is 0 Å². The number of aromatic carboxylic acids is 1. The Bertz CT molecular complexity index is 571. The summed E-state index contributed by atoms with van der Waals surface area (Å²) in [6, 6.07) is 4.47. The van der Waals surface area contributed by atoms with Gasteiger partial charge < -0.3 is 9.84 Å². The summed E-state index contributed by atoms with van der Waals surface area (Å²) in [5, 5.41) is 9.04. The maximum absolute atomic E-state index is 10.8. The molecule has 16 heavy (non-hydrogen) atoms. The lowest BCUT2D eigenvalue weighted by molar-refractivity contribution is 0.0691. The van der Waals surface area contributed by atoms with Gasteiger partial charge >= 0.3 is 5.97 Å². The Kier molecular flexibility index (Phi) is 2.62. The molecular formula is C10H7ClN2O3. The fourth-order valence-electron chi connectivity index (χ4n) is 1.27. The van der Waals surface area contributed by atoms with Crippen molar-refractivity contribution in [3.8, 4) is 5.88 Å². The third-order valence-electron chi connectivity index (χ3n) is 2.01. The van der Waals surface area contributed by atoms with Crippen LogP contribution in [0.4, 0.5) is 0 Å². The fraction of sp³-hybridized carbons (Fsp3) is 0.100. The first-order valence-electron chi connectivity index (χ1n) is 4.36. The number of halogens is 1. The zero-order valence-corrected chi connectivity index (χ0v) is 9.02. The van der Waals surface area contributed by atoms with Crippen molar-refractivity contribution in [1.82, 2.24) is 9.97 Å². The van der Waals surface area contributed by atoms with Crippen molar-refractivity contribution in [3.05, 3.63) is 28.9 Å². The standard InChI is InChI=1S/C10H7ClN2O3/c1-16-8-3-2-6-9(13-8)5(11)4-7(12-6)10(14)15/h2-4H,1H3,(H,14,15). The first-order chi connectivity index (χ1) is 7.61. The lowest BCUT2D eigenvalue weighted by atomic mass is 10.3. The van der Waals surface area contributed by atoms with Crippen molar-refractivity contribution in [3.63, 3.8) is 0 Å². The topological polar surface area (TPSA) is 72.3 Å². The van der Waals surface area contributed by atoms with Gasteiger partial charge in [0.2, 0.25) is 5.88 Å². The Morgan fingerprint density at radius 1 is 1.44 bits per heavy atom. The average molecular weight is 239 g/mol. The molecule has 0 saturated carbocycles. The van der Waals surface area contributed by atoms with Gasteiger partial charge in [0.15, 0.2) is 5.69 Å². The van der Waals surface area contributed by atoms with E-state index in [1.807, 2.05) is 0 Å². The summed E-state index contributed by atoms with van der Waals surface area (Å²) < 4.78 is 4.94. The van der Waals surface area contributed by atoms with Gasteiger partial charge in [0.1, 0.15) is 5.52 Å². The predicted molar refractivity (Wildman–Crippen MR) is 58.1 cm³/mol. The third-order valence-corrected chi connectivity index (χ3v) is 2.30. The van der Waals surface area contributed by atoms with Gasteiger partial charge in [0.05, 0.1) is 17.6 Å². The number of rotatable bonds is 2. The Labute approximate surface area is 95.7 Å². The van der Waals surface area contributed by atoms with Crippen LogP contribution in [0.2, 0.25) is 5.02 Å². The van der Waals surface area contributed by atoms with Gasteiger partial charge in [-0.1, -0.05) is 11.6 Å². The SMILES string of the molecule is COc1ccc2nc(C(=O)O)cc(Cl)c2n1. The van der Waals surface area contributed by atoms with E-state index in [0.717, 1.165) is 0 Å². The smallest absolute Gasteiger partial charge is 0.354 e. The van der Waals surface area contributed by atoms with E-state index in [1.54, 1.807) is 12.1 Å². The van der Waals surface area contributed by atoms with Crippen molar-refractivity contribution in [1.29, 1.82) is 0 Å². The largest absolute Gasteiger partial charge is 0.481 e. The molecule has 0 unspecified atom stereocenters. The van der Waals surface area contributed by atoms with Crippen LogP contribution in [0.5, 0.6) is 5.88 Å². The van der Waals surface area contributed by atoms with E-state index in [1.165, 1.54) is 13.2 Å². The molecule has 0 bridgehead atoms. The van der Waals surface area contributed by atoms with Crippen molar-refractivity contribution in [2.75, 3.05) is 7.11 Å². The van der Waals surface area contributed by atoms with E-state index >= 15 is 0 Å². The Morgan fingerprint density at radius 2 is 2.19 bits per heavy atom. The molecule has 1 N–H and O–H groups in total. The van der Waals surface area contributed by atoms with Gasteiger partial charge in [-0.05, 0) is 12.1 Å². The number of ether oxygens (including phenoxy) is 1. The minimum Gasteiger partial charge on any atom is -0.481 e. The zero-order valence-electron chi connectivity index (χ0n) is 8.27. The monoisotopic (exact) mass is 238 g/mol. The van der Waals surface area contributed by atoms with Gasteiger partial charge in [-0.3, -0.25) is 0 Å². The normalized spacial score (nSPS) is 10.4. The lowest BCUT2D eigenvalue weighted by Gasteiger charge is -2.03. The maximum atomic E-state index is 10.8. The van der Waals surface area contributed by atoms with E-state index in [4.69, 9.17) is 21.4 Å². The molecule has 2 heterocycles. The second kappa shape index (κ2) is 3.94. The second-order valence-electron chi connectivity index (χ2n) is 3.02. The highest BCUT2D eigenvalue weighted by Gasteiger charge is 2.11. The molecule has 6 heteroatoms. The van der Waals surface area contributed by atoms with E-state index in [2.05, 4.69) is 9.97 Å². The molecule has 0 spiro atoms. The number of hydrogen-bond acceptors (Lipinski definition) is 4. The van der Waals surface area contributed by atoms with Crippen LogP contribution in [0, 0.1) is 0 Å². The first kappa shape index (κ1) is 10.6. The van der Waals surface area contributed by atoms with Crippen LogP contribution < -0.4 is 4.74 Å². The minimum absolute atomic E-state index is 0.107. The molecule has 0 radical (unpaired) electrons. The number of pyridine rings is 2. The fourth-order valence-corrected chi connectivity index (χ4v) is 1.52. The Morgan fingerprint density at radius 3 is 2.81 bits per heavy atom. The number of hydrogen-bond donors (Lipinski definition) is 1. The molecule has 2 aromatic heterocycles. The lowest BCUT2D eigenvalue weighted by Crippen LogP contribution is -2.01. The van der Waals surface area contributed by atoms with Crippen LogP contribution in [-0.2, 0) is 0 Å². The van der Waals surface area contributed by atoms with Crippen LogP contribution in [0.25, 0.3) is 11.0 Å². The average Bonchev–Trinajstić information content (AvgIpc) is 2.28. The zero-order chi connectivity index (χ0) is 11.7. The molecule has 0 amide bonds. The summed E-state index contributed by atoms with van der Waals surface area (Å²) in [5.74, 6) is -0.723. The number of fused-ring (bicyclic) bond motifs is 1. The quantitative estimate of drug-likeness (QED) is 0.866. The van der Waals surface area contributed by atoms with E-state index in [-0.39, 0.29) is 10.7 Å². The van der Waals surface area contributed by atoms with Crippen LogP contribution in [0.3, 0.4) is 0 Å². The number of carbonyl (C=O) groups is 1. The molecule has 5 nitrogen and oxygen atoms in total.